The van der Waals surface area contributed by atoms with Gasteiger partial charge in [-0.25, -0.2) is 24.9 Å². The topological polar surface area (TPSA) is 103 Å². The van der Waals surface area contributed by atoms with E-state index in [4.69, 9.17) is 25.7 Å². The van der Waals surface area contributed by atoms with Crippen LogP contribution in [0.4, 0.5) is 5.69 Å². The number of para-hydroxylation sites is 2. The van der Waals surface area contributed by atoms with Crippen LogP contribution in [-0.2, 0) is 0 Å². The van der Waals surface area contributed by atoms with Crippen molar-refractivity contribution in [2.24, 2.45) is 4.99 Å². The molecular weight excluding hydrogens is 699 g/mol. The van der Waals surface area contributed by atoms with Crippen molar-refractivity contribution in [3.8, 4) is 67.8 Å². The molecular formula is C50H35N7. The normalized spacial score (nSPS) is 11.2. The van der Waals surface area contributed by atoms with Gasteiger partial charge in [0.1, 0.15) is 0 Å². The van der Waals surface area contributed by atoms with E-state index >= 15 is 0 Å². The summed E-state index contributed by atoms with van der Waals surface area (Å²) in [5.74, 6) is 2.46. The van der Waals surface area contributed by atoms with Crippen molar-refractivity contribution in [1.29, 1.82) is 0 Å². The fourth-order valence-electron chi connectivity index (χ4n) is 6.66. The number of rotatable bonds is 9. The Bertz CT molecular complexity index is 2850. The van der Waals surface area contributed by atoms with E-state index < -0.39 is 0 Å². The van der Waals surface area contributed by atoms with Gasteiger partial charge in [-0.3, -0.25) is 4.99 Å². The SMILES string of the molecule is C=C(/N=C\c1ccccc1N)c1ccc(-c2cc(-c3ccc(-c4ncc5ccccc5n4)cc3)cc(-c3nc(-c4ccccc4)nc(-c4ccccc4)n3)c2)cc1. The molecule has 2 aromatic heterocycles. The summed E-state index contributed by atoms with van der Waals surface area (Å²) in [5, 5.41) is 1.01. The van der Waals surface area contributed by atoms with Crippen molar-refractivity contribution in [3.63, 3.8) is 0 Å². The molecule has 0 aliphatic carbocycles. The maximum atomic E-state index is 6.13. The molecule has 2 N–H and O–H groups in total. The third kappa shape index (κ3) is 7.58. The first-order valence-corrected chi connectivity index (χ1v) is 18.6. The average Bonchev–Trinajstić information content (AvgIpc) is 3.29. The minimum absolute atomic E-state index is 0.575. The summed E-state index contributed by atoms with van der Waals surface area (Å²) < 4.78 is 0. The lowest BCUT2D eigenvalue weighted by atomic mass is 9.94. The van der Waals surface area contributed by atoms with Crippen molar-refractivity contribution in [3.05, 3.63) is 200 Å². The third-order valence-corrected chi connectivity index (χ3v) is 9.76. The Labute approximate surface area is 330 Å². The summed E-state index contributed by atoms with van der Waals surface area (Å²) >= 11 is 0. The van der Waals surface area contributed by atoms with E-state index in [9.17, 15) is 0 Å². The Morgan fingerprint density at radius 2 is 0.947 bits per heavy atom. The van der Waals surface area contributed by atoms with Gasteiger partial charge >= 0.3 is 0 Å². The predicted molar refractivity (Wildman–Crippen MR) is 233 cm³/mol. The van der Waals surface area contributed by atoms with E-state index in [0.717, 1.165) is 66.5 Å². The Balaban J connectivity index is 1.13. The fourth-order valence-corrected chi connectivity index (χ4v) is 6.66. The number of fused-ring (bicyclic) bond motifs is 1. The number of benzene rings is 7. The van der Waals surface area contributed by atoms with E-state index in [2.05, 4.69) is 71.2 Å². The first-order valence-electron chi connectivity index (χ1n) is 18.6. The summed E-state index contributed by atoms with van der Waals surface area (Å²) in [7, 11) is 0. The lowest BCUT2D eigenvalue weighted by molar-refractivity contribution is 1.07. The van der Waals surface area contributed by atoms with Crippen LogP contribution in [0.25, 0.3) is 84.4 Å². The monoisotopic (exact) mass is 733 g/mol. The molecule has 0 radical (unpaired) electrons. The second-order valence-electron chi connectivity index (χ2n) is 13.6. The maximum absolute atomic E-state index is 6.13. The second-order valence-corrected chi connectivity index (χ2v) is 13.6. The minimum atomic E-state index is 0.575. The first-order chi connectivity index (χ1) is 28.0. The molecule has 2 heterocycles. The molecule has 0 fully saturated rings. The molecule has 7 nitrogen and oxygen atoms in total. The van der Waals surface area contributed by atoms with Crippen molar-refractivity contribution >= 4 is 28.5 Å². The molecule has 0 aliphatic rings. The van der Waals surface area contributed by atoms with Crippen molar-refractivity contribution in [2.45, 2.75) is 0 Å². The van der Waals surface area contributed by atoms with Crippen LogP contribution in [-0.4, -0.2) is 31.1 Å². The molecule has 7 aromatic carbocycles. The second kappa shape index (κ2) is 15.5. The molecule has 9 rings (SSSR count). The van der Waals surface area contributed by atoms with Gasteiger partial charge in [0.05, 0.1) is 11.2 Å². The van der Waals surface area contributed by atoms with E-state index in [1.54, 1.807) is 6.21 Å². The summed E-state index contributed by atoms with van der Waals surface area (Å²) in [6, 6.07) is 58.8. The summed E-state index contributed by atoms with van der Waals surface area (Å²) in [6.07, 6.45) is 3.62. The van der Waals surface area contributed by atoms with Gasteiger partial charge in [-0.15, -0.1) is 0 Å². The van der Waals surface area contributed by atoms with Crippen LogP contribution < -0.4 is 5.73 Å². The maximum Gasteiger partial charge on any atom is 0.164 e. The number of nitrogen functional groups attached to an aromatic ring is 1. The zero-order valence-corrected chi connectivity index (χ0v) is 30.9. The van der Waals surface area contributed by atoms with Gasteiger partial charge in [0.25, 0.3) is 0 Å². The number of hydrogen-bond acceptors (Lipinski definition) is 7. The lowest BCUT2D eigenvalue weighted by Gasteiger charge is -2.13. The van der Waals surface area contributed by atoms with Gasteiger partial charge in [0, 0.05) is 51.3 Å². The van der Waals surface area contributed by atoms with Gasteiger partial charge in [0.15, 0.2) is 23.3 Å². The number of hydrogen-bond donors (Lipinski definition) is 1. The summed E-state index contributed by atoms with van der Waals surface area (Å²) in [6.45, 7) is 4.22. The highest BCUT2D eigenvalue weighted by molar-refractivity contribution is 5.90. The average molecular weight is 734 g/mol. The highest BCUT2D eigenvalue weighted by atomic mass is 15.0. The Kier molecular flexibility index (Phi) is 9.45. The van der Waals surface area contributed by atoms with Crippen LogP contribution in [0.15, 0.2) is 194 Å². The van der Waals surface area contributed by atoms with E-state index in [1.165, 1.54) is 0 Å². The largest absolute Gasteiger partial charge is 0.398 e. The molecule has 0 amide bonds. The van der Waals surface area contributed by atoms with E-state index in [0.29, 0.717) is 34.7 Å². The molecule has 0 spiro atoms. The van der Waals surface area contributed by atoms with Crippen LogP contribution in [0.1, 0.15) is 11.1 Å². The zero-order valence-electron chi connectivity index (χ0n) is 30.9. The van der Waals surface area contributed by atoms with Crippen LogP contribution in [0.2, 0.25) is 0 Å². The highest BCUT2D eigenvalue weighted by Gasteiger charge is 2.15. The molecule has 0 bridgehead atoms. The van der Waals surface area contributed by atoms with Crippen LogP contribution in [0.5, 0.6) is 0 Å². The molecule has 0 saturated carbocycles. The molecule has 270 valence electrons. The van der Waals surface area contributed by atoms with Crippen LogP contribution in [0, 0.1) is 0 Å². The summed E-state index contributed by atoms with van der Waals surface area (Å²) in [4.78, 5) is 29.1. The minimum Gasteiger partial charge on any atom is -0.398 e. The van der Waals surface area contributed by atoms with Gasteiger partial charge < -0.3 is 5.73 Å². The standard InChI is InChI=1S/C50H35N7/c1-33(52-31-40-16-8-10-18-45(40)51)34-20-22-35(23-21-34)42-28-43(36-24-26-39(27-25-36)47-53-32-41-17-9-11-19-46(41)54-47)30-44(29-42)50-56-48(37-12-4-2-5-13-37)55-49(57-50)38-14-6-3-7-15-38/h2-32H,1,51H2/b52-31-. The molecule has 0 unspecified atom stereocenters. The molecule has 0 saturated heterocycles. The quantitative estimate of drug-likeness (QED) is 0.117. The van der Waals surface area contributed by atoms with E-state index in [-0.39, 0.29) is 0 Å². The molecule has 9 aromatic rings. The van der Waals surface area contributed by atoms with Crippen molar-refractivity contribution in [1.82, 2.24) is 24.9 Å². The van der Waals surface area contributed by atoms with Gasteiger partial charge in [0.2, 0.25) is 0 Å². The van der Waals surface area contributed by atoms with Gasteiger partial charge in [-0.05, 0) is 58.1 Å². The first kappa shape index (κ1) is 34.8. The number of nitrogens with zero attached hydrogens (tertiary/aromatic N) is 6. The molecule has 0 atom stereocenters. The van der Waals surface area contributed by atoms with Crippen molar-refractivity contribution < 1.29 is 0 Å². The zero-order chi connectivity index (χ0) is 38.6. The lowest BCUT2D eigenvalue weighted by Crippen LogP contribution is -2.00. The smallest absolute Gasteiger partial charge is 0.164 e. The van der Waals surface area contributed by atoms with Crippen LogP contribution in [0.3, 0.4) is 0 Å². The van der Waals surface area contributed by atoms with Crippen molar-refractivity contribution in [2.75, 3.05) is 5.73 Å². The Morgan fingerprint density at radius 1 is 0.456 bits per heavy atom. The van der Waals surface area contributed by atoms with Gasteiger partial charge in [-0.1, -0.05) is 152 Å². The molecule has 57 heavy (non-hydrogen) atoms. The number of aromatic nitrogens is 5. The fraction of sp³-hybridized carbons (Fsp3) is 0. The number of nitrogens with two attached hydrogens (primary N) is 1. The number of aliphatic imine (C=N–C) groups is 1. The molecule has 7 heteroatoms. The third-order valence-electron chi connectivity index (χ3n) is 9.76. The predicted octanol–water partition coefficient (Wildman–Crippen LogP) is 11.5. The Morgan fingerprint density at radius 3 is 1.58 bits per heavy atom. The number of anilines is 1. The van der Waals surface area contributed by atoms with E-state index in [1.807, 2.05) is 128 Å². The highest BCUT2D eigenvalue weighted by Crippen LogP contribution is 2.35. The Hall–Kier alpha value is -7.90. The summed E-state index contributed by atoms with van der Waals surface area (Å²) in [5.41, 5.74) is 17.8. The van der Waals surface area contributed by atoms with Gasteiger partial charge in [-0.2, -0.15) is 0 Å². The molecule has 0 aliphatic heterocycles. The van der Waals surface area contributed by atoms with Crippen LogP contribution >= 0.6 is 0 Å².